The van der Waals surface area contributed by atoms with Crippen LogP contribution in [0.3, 0.4) is 0 Å². The first kappa shape index (κ1) is 18.0. The predicted molar refractivity (Wildman–Crippen MR) is 95.8 cm³/mol. The van der Waals surface area contributed by atoms with E-state index >= 15 is 0 Å². The Morgan fingerprint density at radius 2 is 1.75 bits per heavy atom. The van der Waals surface area contributed by atoms with Gasteiger partial charge < -0.3 is 5.32 Å². The molecule has 0 spiro atoms. The topological polar surface area (TPSA) is 75.3 Å². The van der Waals surface area contributed by atoms with Crippen LogP contribution in [0.5, 0.6) is 0 Å². The van der Waals surface area contributed by atoms with Crippen molar-refractivity contribution < 1.29 is 13.2 Å². The van der Waals surface area contributed by atoms with Gasteiger partial charge in [0, 0.05) is 12.1 Å². The van der Waals surface area contributed by atoms with Crippen LogP contribution in [0.25, 0.3) is 0 Å². The molecule has 24 heavy (non-hydrogen) atoms. The Bertz CT molecular complexity index is 845. The number of hydrogen-bond donors (Lipinski definition) is 2. The van der Waals surface area contributed by atoms with Gasteiger partial charge in [-0.3, -0.25) is 9.52 Å². The van der Waals surface area contributed by atoms with E-state index in [0.29, 0.717) is 17.8 Å². The van der Waals surface area contributed by atoms with Gasteiger partial charge in [-0.15, -0.1) is 0 Å². The van der Waals surface area contributed by atoms with Gasteiger partial charge in [-0.25, -0.2) is 8.42 Å². The lowest BCUT2D eigenvalue weighted by Crippen LogP contribution is -2.25. The number of hydrogen-bond acceptors (Lipinski definition) is 3. The molecule has 0 radical (unpaired) electrons. The van der Waals surface area contributed by atoms with Crippen molar-refractivity contribution in [1.29, 1.82) is 0 Å². The average molecular weight is 346 g/mol. The molecule has 0 aromatic heterocycles. The summed E-state index contributed by atoms with van der Waals surface area (Å²) < 4.78 is 27.8. The molecular weight excluding hydrogens is 324 g/mol. The molecule has 0 heterocycles. The van der Waals surface area contributed by atoms with Crippen LogP contribution in [0.15, 0.2) is 47.4 Å². The maximum atomic E-state index is 12.6. The number of para-hydroxylation sites is 1. The first-order valence-corrected chi connectivity index (χ1v) is 9.30. The summed E-state index contributed by atoms with van der Waals surface area (Å²) in [6.45, 7) is 6.12. The normalized spacial score (nSPS) is 11.1. The average Bonchev–Trinajstić information content (AvgIpc) is 2.54. The van der Waals surface area contributed by atoms with E-state index in [9.17, 15) is 13.2 Å². The van der Waals surface area contributed by atoms with Gasteiger partial charge in [-0.2, -0.15) is 0 Å². The summed E-state index contributed by atoms with van der Waals surface area (Å²) in [5.74, 6) is -0.262. The molecule has 0 saturated heterocycles. The van der Waals surface area contributed by atoms with Crippen molar-refractivity contribution in [2.75, 3.05) is 11.3 Å². The fraction of sp³-hybridized carbons (Fsp3) is 0.278. The Morgan fingerprint density at radius 1 is 1.04 bits per heavy atom. The Kier molecular flexibility index (Phi) is 5.62. The lowest BCUT2D eigenvalue weighted by Gasteiger charge is -2.13. The second-order valence-electron chi connectivity index (χ2n) is 5.65. The molecule has 0 bridgehead atoms. The van der Waals surface area contributed by atoms with Crippen molar-refractivity contribution in [3.05, 3.63) is 59.2 Å². The van der Waals surface area contributed by atoms with Gasteiger partial charge in [-0.05, 0) is 49.6 Å². The number of nitrogens with one attached hydrogen (secondary N) is 2. The standard InChI is InChI=1S/C18H22N2O3S/c1-4-11-19-18(21)16-12-15(10-9-13(16)2)24(22,23)20-17-8-6-5-7-14(17)3/h5-10,12,20H,4,11H2,1-3H3,(H,19,21). The zero-order valence-electron chi connectivity index (χ0n) is 14.1. The largest absolute Gasteiger partial charge is 0.352 e. The molecule has 0 unspecified atom stereocenters. The molecule has 2 aromatic rings. The van der Waals surface area contributed by atoms with Crippen LogP contribution in [-0.2, 0) is 10.0 Å². The highest BCUT2D eigenvalue weighted by Gasteiger charge is 2.18. The SMILES string of the molecule is CCCNC(=O)c1cc(S(=O)(=O)Nc2ccccc2C)ccc1C. The Balaban J connectivity index is 2.34. The van der Waals surface area contributed by atoms with Crippen molar-refractivity contribution in [1.82, 2.24) is 5.32 Å². The molecule has 0 aliphatic heterocycles. The van der Waals surface area contributed by atoms with E-state index in [-0.39, 0.29) is 10.8 Å². The number of benzene rings is 2. The minimum atomic E-state index is -3.76. The molecular formula is C18H22N2O3S. The molecule has 2 N–H and O–H groups in total. The van der Waals surface area contributed by atoms with Gasteiger partial charge in [0.2, 0.25) is 0 Å². The van der Waals surface area contributed by atoms with Gasteiger partial charge >= 0.3 is 0 Å². The lowest BCUT2D eigenvalue weighted by molar-refractivity contribution is 0.0953. The van der Waals surface area contributed by atoms with Crippen LogP contribution in [0.1, 0.15) is 34.8 Å². The lowest BCUT2D eigenvalue weighted by atomic mass is 10.1. The Hall–Kier alpha value is -2.34. The zero-order chi connectivity index (χ0) is 17.7. The minimum Gasteiger partial charge on any atom is -0.352 e. The van der Waals surface area contributed by atoms with Gasteiger partial charge in [0.15, 0.2) is 0 Å². The molecule has 0 aliphatic carbocycles. The highest BCUT2D eigenvalue weighted by molar-refractivity contribution is 7.92. The molecule has 2 rings (SSSR count). The second-order valence-corrected chi connectivity index (χ2v) is 7.34. The summed E-state index contributed by atoms with van der Waals surface area (Å²) >= 11 is 0. The predicted octanol–water partition coefficient (Wildman–Crippen LogP) is 3.24. The third-order valence-electron chi connectivity index (χ3n) is 3.69. The number of aryl methyl sites for hydroxylation is 2. The van der Waals surface area contributed by atoms with Crippen LogP contribution in [0, 0.1) is 13.8 Å². The first-order valence-electron chi connectivity index (χ1n) is 7.82. The fourth-order valence-corrected chi connectivity index (χ4v) is 3.39. The molecule has 0 aliphatic rings. The summed E-state index contributed by atoms with van der Waals surface area (Å²) in [5.41, 5.74) is 2.46. The number of rotatable bonds is 6. The quantitative estimate of drug-likeness (QED) is 0.843. The van der Waals surface area contributed by atoms with Crippen molar-refractivity contribution in [2.45, 2.75) is 32.1 Å². The number of carbonyl (C=O) groups excluding carboxylic acids is 1. The maximum absolute atomic E-state index is 12.6. The van der Waals surface area contributed by atoms with Crippen LogP contribution >= 0.6 is 0 Å². The van der Waals surface area contributed by atoms with E-state index in [4.69, 9.17) is 0 Å². The molecule has 0 atom stereocenters. The second kappa shape index (κ2) is 7.49. The van der Waals surface area contributed by atoms with Crippen LogP contribution in [0.4, 0.5) is 5.69 Å². The van der Waals surface area contributed by atoms with Crippen LogP contribution < -0.4 is 10.0 Å². The van der Waals surface area contributed by atoms with Crippen LogP contribution in [-0.4, -0.2) is 20.9 Å². The zero-order valence-corrected chi connectivity index (χ0v) is 14.9. The Labute approximate surface area is 143 Å². The van der Waals surface area contributed by atoms with Gasteiger partial charge in [-0.1, -0.05) is 31.2 Å². The van der Waals surface area contributed by atoms with E-state index < -0.39 is 10.0 Å². The summed E-state index contributed by atoms with van der Waals surface area (Å²) in [6, 6.07) is 11.7. The van der Waals surface area contributed by atoms with E-state index in [1.54, 1.807) is 25.1 Å². The number of amides is 1. The summed E-state index contributed by atoms with van der Waals surface area (Å²) in [7, 11) is -3.76. The van der Waals surface area contributed by atoms with Crippen molar-refractivity contribution in [3.63, 3.8) is 0 Å². The molecule has 128 valence electrons. The fourth-order valence-electron chi connectivity index (χ4n) is 2.24. The third-order valence-corrected chi connectivity index (χ3v) is 5.05. The van der Waals surface area contributed by atoms with Gasteiger partial charge in [0.1, 0.15) is 0 Å². The van der Waals surface area contributed by atoms with Crippen molar-refractivity contribution >= 4 is 21.6 Å². The molecule has 1 amide bonds. The minimum absolute atomic E-state index is 0.0676. The molecule has 0 saturated carbocycles. The van der Waals surface area contributed by atoms with E-state index in [1.807, 2.05) is 26.0 Å². The molecule has 6 heteroatoms. The maximum Gasteiger partial charge on any atom is 0.261 e. The number of carbonyl (C=O) groups is 1. The van der Waals surface area contributed by atoms with Crippen molar-refractivity contribution in [2.24, 2.45) is 0 Å². The third kappa shape index (κ3) is 4.14. The number of sulfonamides is 1. The molecule has 5 nitrogen and oxygen atoms in total. The number of anilines is 1. The smallest absolute Gasteiger partial charge is 0.261 e. The summed E-state index contributed by atoms with van der Waals surface area (Å²) in [4.78, 5) is 12.3. The molecule has 0 fully saturated rings. The van der Waals surface area contributed by atoms with E-state index in [2.05, 4.69) is 10.0 Å². The van der Waals surface area contributed by atoms with E-state index in [1.165, 1.54) is 12.1 Å². The monoisotopic (exact) mass is 346 g/mol. The van der Waals surface area contributed by atoms with Gasteiger partial charge in [0.25, 0.3) is 15.9 Å². The Morgan fingerprint density at radius 3 is 2.42 bits per heavy atom. The highest BCUT2D eigenvalue weighted by atomic mass is 32.2. The van der Waals surface area contributed by atoms with Crippen molar-refractivity contribution in [3.8, 4) is 0 Å². The molecule has 2 aromatic carbocycles. The first-order chi connectivity index (χ1) is 11.3. The van der Waals surface area contributed by atoms with Crippen LogP contribution in [0.2, 0.25) is 0 Å². The van der Waals surface area contributed by atoms with E-state index in [0.717, 1.165) is 17.5 Å². The highest BCUT2D eigenvalue weighted by Crippen LogP contribution is 2.21. The van der Waals surface area contributed by atoms with Gasteiger partial charge in [0.05, 0.1) is 10.6 Å². The summed E-state index contributed by atoms with van der Waals surface area (Å²) in [5, 5.41) is 2.77. The summed E-state index contributed by atoms with van der Waals surface area (Å²) in [6.07, 6.45) is 0.817.